The van der Waals surface area contributed by atoms with Crippen LogP contribution < -0.4 is 5.32 Å². The van der Waals surface area contributed by atoms with Crippen LogP contribution in [0, 0.1) is 5.92 Å². The van der Waals surface area contributed by atoms with E-state index in [0.717, 1.165) is 31.0 Å². The van der Waals surface area contributed by atoms with Gasteiger partial charge >= 0.3 is 0 Å². The van der Waals surface area contributed by atoms with Crippen LogP contribution in [-0.4, -0.2) is 14.8 Å². The van der Waals surface area contributed by atoms with Gasteiger partial charge in [0.2, 0.25) is 0 Å². The molecule has 1 aromatic carbocycles. The molecule has 2 aromatic rings. The Bertz CT molecular complexity index is 519. The molecule has 1 heterocycles. The van der Waals surface area contributed by atoms with E-state index in [0.29, 0.717) is 11.8 Å². The Morgan fingerprint density at radius 3 is 2.50 bits per heavy atom. The van der Waals surface area contributed by atoms with Crippen LogP contribution in [0.25, 0.3) is 0 Å². The number of nitrogens with one attached hydrogen (secondary N) is 1. The molecule has 0 unspecified atom stereocenters. The molecule has 0 aliphatic carbocycles. The number of benzene rings is 1. The summed E-state index contributed by atoms with van der Waals surface area (Å²) in [6.45, 7) is 6.80. The number of nitrogens with zero attached hydrogens (tertiary/aromatic N) is 3. The molecule has 0 spiro atoms. The first kappa shape index (κ1) is 15.0. The largest absolute Gasteiger partial charge is 0.306 e. The predicted octanol–water partition coefficient (Wildman–Crippen LogP) is 2.96. The molecule has 0 atom stereocenters. The summed E-state index contributed by atoms with van der Waals surface area (Å²) in [5.74, 6) is 2.11. The van der Waals surface area contributed by atoms with E-state index in [4.69, 9.17) is 11.6 Å². The van der Waals surface area contributed by atoms with Crippen LogP contribution in [0.4, 0.5) is 0 Å². The number of hydrogen-bond acceptors (Lipinski definition) is 3. The number of alkyl halides is 1. The summed E-state index contributed by atoms with van der Waals surface area (Å²) in [5, 5.41) is 7.65. The van der Waals surface area contributed by atoms with Crippen LogP contribution >= 0.6 is 11.6 Å². The summed E-state index contributed by atoms with van der Waals surface area (Å²) in [6, 6.07) is 8.32. The Balaban J connectivity index is 1.84. The molecule has 5 heteroatoms. The van der Waals surface area contributed by atoms with Gasteiger partial charge in [-0.3, -0.25) is 0 Å². The molecular formula is C15H21ClN4. The van der Waals surface area contributed by atoms with Gasteiger partial charge in [0.1, 0.15) is 12.2 Å². The van der Waals surface area contributed by atoms with Crippen LogP contribution in [0.2, 0.25) is 0 Å². The van der Waals surface area contributed by atoms with E-state index in [-0.39, 0.29) is 0 Å². The quantitative estimate of drug-likeness (QED) is 0.798. The van der Waals surface area contributed by atoms with Crippen LogP contribution in [0.15, 0.2) is 30.6 Å². The third kappa shape index (κ3) is 4.32. The van der Waals surface area contributed by atoms with E-state index in [2.05, 4.69) is 53.5 Å². The molecule has 0 saturated heterocycles. The first-order valence-electron chi connectivity index (χ1n) is 6.90. The molecule has 0 radical (unpaired) electrons. The lowest BCUT2D eigenvalue weighted by molar-refractivity contribution is 0.457. The van der Waals surface area contributed by atoms with Crippen molar-refractivity contribution >= 4 is 11.6 Å². The van der Waals surface area contributed by atoms with Gasteiger partial charge in [-0.25, -0.2) is 9.67 Å². The zero-order valence-corrected chi connectivity index (χ0v) is 12.8. The van der Waals surface area contributed by atoms with Crippen molar-refractivity contribution in [2.75, 3.05) is 0 Å². The molecule has 2 rings (SSSR count). The van der Waals surface area contributed by atoms with Crippen molar-refractivity contribution in [1.82, 2.24) is 20.1 Å². The van der Waals surface area contributed by atoms with Crippen molar-refractivity contribution in [3.05, 3.63) is 47.5 Å². The summed E-state index contributed by atoms with van der Waals surface area (Å²) >= 11 is 5.78. The molecule has 0 aliphatic heterocycles. The fourth-order valence-electron chi connectivity index (χ4n) is 1.99. The lowest BCUT2D eigenvalue weighted by Gasteiger charge is -2.09. The average molecular weight is 293 g/mol. The maximum absolute atomic E-state index is 5.78. The Labute approximate surface area is 125 Å². The van der Waals surface area contributed by atoms with Gasteiger partial charge in [0.05, 0.1) is 6.54 Å². The van der Waals surface area contributed by atoms with Gasteiger partial charge in [-0.05, 0) is 17.0 Å². The summed E-state index contributed by atoms with van der Waals surface area (Å²) in [7, 11) is 0. The minimum Gasteiger partial charge on any atom is -0.306 e. The second-order valence-corrected chi connectivity index (χ2v) is 5.57. The highest BCUT2D eigenvalue weighted by molar-refractivity contribution is 6.17. The van der Waals surface area contributed by atoms with Gasteiger partial charge < -0.3 is 5.32 Å². The Morgan fingerprint density at radius 2 is 1.85 bits per heavy atom. The normalized spacial score (nSPS) is 11.2. The average Bonchev–Trinajstić information content (AvgIpc) is 2.86. The van der Waals surface area contributed by atoms with Gasteiger partial charge in [0.15, 0.2) is 0 Å². The molecule has 0 aliphatic rings. The highest BCUT2D eigenvalue weighted by Crippen LogP contribution is 2.07. The monoisotopic (exact) mass is 292 g/mol. The SMILES string of the molecule is CC(C)Cn1ncnc1CNCc1ccc(CCl)cc1. The maximum Gasteiger partial charge on any atom is 0.140 e. The van der Waals surface area contributed by atoms with Crippen molar-refractivity contribution in [3.8, 4) is 0 Å². The van der Waals surface area contributed by atoms with E-state index in [1.807, 2.05) is 4.68 Å². The lowest BCUT2D eigenvalue weighted by Crippen LogP contribution is -2.18. The summed E-state index contributed by atoms with van der Waals surface area (Å²) in [6.07, 6.45) is 1.62. The van der Waals surface area contributed by atoms with Crippen LogP contribution in [0.5, 0.6) is 0 Å². The van der Waals surface area contributed by atoms with Crippen molar-refractivity contribution < 1.29 is 0 Å². The first-order chi connectivity index (χ1) is 9.69. The molecule has 0 bridgehead atoms. The van der Waals surface area contributed by atoms with E-state index in [1.54, 1.807) is 6.33 Å². The fraction of sp³-hybridized carbons (Fsp3) is 0.467. The molecule has 4 nitrogen and oxygen atoms in total. The standard InChI is InChI=1S/C15H21ClN4/c1-12(2)10-20-15(18-11-19-20)9-17-8-14-5-3-13(7-16)4-6-14/h3-6,11-12,17H,7-10H2,1-2H3. The molecule has 0 saturated carbocycles. The number of rotatable bonds is 7. The van der Waals surface area contributed by atoms with Crippen molar-refractivity contribution in [1.29, 1.82) is 0 Å². The Hall–Kier alpha value is -1.39. The zero-order chi connectivity index (χ0) is 14.4. The second-order valence-electron chi connectivity index (χ2n) is 5.31. The van der Waals surface area contributed by atoms with Crippen LogP contribution in [0.1, 0.15) is 30.8 Å². The number of hydrogen-bond donors (Lipinski definition) is 1. The van der Waals surface area contributed by atoms with Crippen LogP contribution in [-0.2, 0) is 25.5 Å². The molecule has 1 N–H and O–H groups in total. The summed E-state index contributed by atoms with van der Waals surface area (Å²) in [5.41, 5.74) is 2.39. The minimum atomic E-state index is 0.562. The molecule has 1 aromatic heterocycles. The van der Waals surface area contributed by atoms with Crippen LogP contribution in [0.3, 0.4) is 0 Å². The summed E-state index contributed by atoms with van der Waals surface area (Å²) in [4.78, 5) is 4.30. The van der Waals surface area contributed by atoms with E-state index >= 15 is 0 Å². The minimum absolute atomic E-state index is 0.562. The molecule has 20 heavy (non-hydrogen) atoms. The van der Waals surface area contributed by atoms with Crippen molar-refractivity contribution in [2.24, 2.45) is 5.92 Å². The number of aromatic nitrogens is 3. The maximum atomic E-state index is 5.78. The van der Waals surface area contributed by atoms with Gasteiger partial charge in [-0.2, -0.15) is 5.10 Å². The van der Waals surface area contributed by atoms with Gasteiger partial charge in [0, 0.05) is 19.0 Å². The molecular weight excluding hydrogens is 272 g/mol. The Morgan fingerprint density at radius 1 is 1.15 bits per heavy atom. The van der Waals surface area contributed by atoms with Crippen molar-refractivity contribution in [2.45, 2.75) is 39.4 Å². The van der Waals surface area contributed by atoms with Gasteiger partial charge in [-0.15, -0.1) is 11.6 Å². The number of halogens is 1. The smallest absolute Gasteiger partial charge is 0.140 e. The van der Waals surface area contributed by atoms with E-state index < -0.39 is 0 Å². The lowest BCUT2D eigenvalue weighted by atomic mass is 10.1. The first-order valence-corrected chi connectivity index (χ1v) is 7.43. The predicted molar refractivity (Wildman–Crippen MR) is 81.4 cm³/mol. The van der Waals surface area contributed by atoms with E-state index in [1.165, 1.54) is 5.56 Å². The highest BCUT2D eigenvalue weighted by Gasteiger charge is 2.05. The molecule has 0 amide bonds. The van der Waals surface area contributed by atoms with Gasteiger partial charge in [-0.1, -0.05) is 38.1 Å². The molecule has 108 valence electrons. The second kappa shape index (κ2) is 7.41. The third-order valence-corrected chi connectivity index (χ3v) is 3.33. The fourth-order valence-corrected chi connectivity index (χ4v) is 2.17. The topological polar surface area (TPSA) is 42.7 Å². The third-order valence-electron chi connectivity index (χ3n) is 3.02. The highest BCUT2D eigenvalue weighted by atomic mass is 35.5. The van der Waals surface area contributed by atoms with Crippen molar-refractivity contribution in [3.63, 3.8) is 0 Å². The summed E-state index contributed by atoms with van der Waals surface area (Å²) < 4.78 is 1.97. The zero-order valence-electron chi connectivity index (χ0n) is 12.0. The van der Waals surface area contributed by atoms with E-state index in [9.17, 15) is 0 Å². The molecule has 0 fully saturated rings. The Kier molecular flexibility index (Phi) is 5.56. The van der Waals surface area contributed by atoms with Gasteiger partial charge in [0.25, 0.3) is 0 Å².